The van der Waals surface area contributed by atoms with Gasteiger partial charge in [0.15, 0.2) is 0 Å². The SMILES string of the molecule is OC1(Cc2cc(Cl)ccc2F)CCC(C(F)(F)F)CC1. The van der Waals surface area contributed by atoms with Crippen molar-refractivity contribution in [3.63, 3.8) is 0 Å². The lowest BCUT2D eigenvalue weighted by molar-refractivity contribution is -0.192. The molecular formula is C14H15ClF4O. The van der Waals surface area contributed by atoms with E-state index in [1.54, 1.807) is 0 Å². The van der Waals surface area contributed by atoms with Crippen LogP contribution in [0.25, 0.3) is 0 Å². The summed E-state index contributed by atoms with van der Waals surface area (Å²) in [6.07, 6.45) is -4.44. The van der Waals surface area contributed by atoms with E-state index in [0.29, 0.717) is 5.02 Å². The molecule has 1 nitrogen and oxygen atoms in total. The van der Waals surface area contributed by atoms with Gasteiger partial charge in [0.1, 0.15) is 5.82 Å². The van der Waals surface area contributed by atoms with Crippen molar-refractivity contribution in [3.8, 4) is 0 Å². The highest BCUT2D eigenvalue weighted by Gasteiger charge is 2.45. The summed E-state index contributed by atoms with van der Waals surface area (Å²) in [6.45, 7) is 0. The molecule has 0 spiro atoms. The molecule has 0 heterocycles. The predicted octanol–water partition coefficient (Wildman–Crippen LogP) is 4.51. The summed E-state index contributed by atoms with van der Waals surface area (Å²) in [4.78, 5) is 0. The minimum atomic E-state index is -4.22. The third-order valence-electron chi connectivity index (χ3n) is 3.91. The van der Waals surface area contributed by atoms with Gasteiger partial charge in [-0.1, -0.05) is 11.6 Å². The van der Waals surface area contributed by atoms with E-state index < -0.39 is 23.5 Å². The van der Waals surface area contributed by atoms with Crippen LogP contribution in [0.15, 0.2) is 18.2 Å². The summed E-state index contributed by atoms with van der Waals surface area (Å²) in [5.41, 5.74) is -1.04. The molecule has 1 aromatic rings. The maximum absolute atomic E-state index is 13.6. The fourth-order valence-corrected chi connectivity index (χ4v) is 2.89. The number of halogens is 5. The van der Waals surface area contributed by atoms with Gasteiger partial charge in [0, 0.05) is 11.4 Å². The van der Waals surface area contributed by atoms with Gasteiger partial charge in [-0.2, -0.15) is 13.2 Å². The van der Waals surface area contributed by atoms with E-state index in [2.05, 4.69) is 0 Å². The molecule has 0 unspecified atom stereocenters. The Hall–Kier alpha value is -0.810. The van der Waals surface area contributed by atoms with Gasteiger partial charge in [0.05, 0.1) is 11.5 Å². The molecule has 0 radical (unpaired) electrons. The molecule has 0 aliphatic heterocycles. The van der Waals surface area contributed by atoms with Crippen LogP contribution in [0.4, 0.5) is 17.6 Å². The second-order valence-electron chi connectivity index (χ2n) is 5.45. The maximum atomic E-state index is 13.6. The predicted molar refractivity (Wildman–Crippen MR) is 68.1 cm³/mol. The normalized spacial score (nSPS) is 27.6. The fraction of sp³-hybridized carbons (Fsp3) is 0.571. The maximum Gasteiger partial charge on any atom is 0.391 e. The van der Waals surface area contributed by atoms with Crippen molar-refractivity contribution < 1.29 is 22.7 Å². The van der Waals surface area contributed by atoms with Crippen LogP contribution in [0.2, 0.25) is 5.02 Å². The van der Waals surface area contributed by atoms with Crippen LogP contribution in [0.1, 0.15) is 31.2 Å². The van der Waals surface area contributed by atoms with E-state index in [-0.39, 0.29) is 37.7 Å². The first-order valence-electron chi connectivity index (χ1n) is 6.43. The second-order valence-corrected chi connectivity index (χ2v) is 5.89. The molecule has 1 aliphatic carbocycles. The van der Waals surface area contributed by atoms with E-state index in [0.717, 1.165) is 0 Å². The Kier molecular flexibility index (Phi) is 4.30. The molecule has 1 aromatic carbocycles. The molecule has 0 saturated heterocycles. The molecular weight excluding hydrogens is 296 g/mol. The van der Waals surface area contributed by atoms with Crippen molar-refractivity contribution in [3.05, 3.63) is 34.6 Å². The van der Waals surface area contributed by atoms with Crippen LogP contribution in [0.3, 0.4) is 0 Å². The van der Waals surface area contributed by atoms with Crippen LogP contribution >= 0.6 is 11.6 Å². The van der Waals surface area contributed by atoms with E-state index in [1.165, 1.54) is 18.2 Å². The third kappa shape index (κ3) is 3.64. The smallest absolute Gasteiger partial charge is 0.390 e. The van der Waals surface area contributed by atoms with Crippen LogP contribution in [0.5, 0.6) is 0 Å². The largest absolute Gasteiger partial charge is 0.391 e. The molecule has 0 atom stereocenters. The molecule has 1 saturated carbocycles. The fourth-order valence-electron chi connectivity index (χ4n) is 2.69. The van der Waals surface area contributed by atoms with Crippen molar-refractivity contribution in [1.82, 2.24) is 0 Å². The van der Waals surface area contributed by atoms with Gasteiger partial charge >= 0.3 is 6.18 Å². The highest BCUT2D eigenvalue weighted by atomic mass is 35.5. The van der Waals surface area contributed by atoms with Crippen LogP contribution in [0, 0.1) is 11.7 Å². The van der Waals surface area contributed by atoms with Crippen molar-refractivity contribution in [2.45, 2.75) is 43.9 Å². The monoisotopic (exact) mass is 310 g/mol. The van der Waals surface area contributed by atoms with Crippen LogP contribution in [-0.2, 0) is 6.42 Å². The van der Waals surface area contributed by atoms with E-state index in [9.17, 15) is 22.7 Å². The molecule has 2 rings (SSSR count). The van der Waals surface area contributed by atoms with Crippen molar-refractivity contribution in [2.24, 2.45) is 5.92 Å². The van der Waals surface area contributed by atoms with Crippen LogP contribution < -0.4 is 0 Å². The number of rotatable bonds is 2. The van der Waals surface area contributed by atoms with Gasteiger partial charge in [0.25, 0.3) is 0 Å². The molecule has 0 bridgehead atoms. The lowest BCUT2D eigenvalue weighted by Gasteiger charge is -2.36. The van der Waals surface area contributed by atoms with E-state index >= 15 is 0 Å². The Morgan fingerprint density at radius 3 is 2.40 bits per heavy atom. The standard InChI is InChI=1S/C14H15ClF4O/c15-11-1-2-12(16)9(7-11)8-13(20)5-3-10(4-6-13)14(17,18)19/h1-2,7,10,20H,3-6,8H2. The highest BCUT2D eigenvalue weighted by molar-refractivity contribution is 6.30. The first-order chi connectivity index (χ1) is 9.20. The molecule has 1 N–H and O–H groups in total. The Labute approximate surface area is 119 Å². The summed E-state index contributed by atoms with van der Waals surface area (Å²) in [5, 5.41) is 10.7. The quantitative estimate of drug-likeness (QED) is 0.797. The minimum absolute atomic E-state index is 0.00995. The summed E-state index contributed by atoms with van der Waals surface area (Å²) >= 11 is 5.77. The Morgan fingerprint density at radius 2 is 1.85 bits per heavy atom. The summed E-state index contributed by atoms with van der Waals surface area (Å²) in [6, 6.07) is 4.00. The molecule has 20 heavy (non-hydrogen) atoms. The van der Waals surface area contributed by atoms with Crippen molar-refractivity contribution >= 4 is 11.6 Å². The first-order valence-corrected chi connectivity index (χ1v) is 6.80. The van der Waals surface area contributed by atoms with Crippen molar-refractivity contribution in [1.29, 1.82) is 0 Å². The number of hydrogen-bond donors (Lipinski definition) is 1. The van der Waals surface area contributed by atoms with Gasteiger partial charge in [-0.15, -0.1) is 0 Å². The Morgan fingerprint density at radius 1 is 1.25 bits per heavy atom. The second kappa shape index (κ2) is 5.53. The van der Waals surface area contributed by atoms with Gasteiger partial charge < -0.3 is 5.11 Å². The zero-order chi connectivity index (χ0) is 15.0. The van der Waals surface area contributed by atoms with Gasteiger partial charge in [0.2, 0.25) is 0 Å². The number of benzene rings is 1. The first kappa shape index (κ1) is 15.6. The summed E-state index contributed by atoms with van der Waals surface area (Å²) in [5.74, 6) is -1.87. The lowest BCUT2D eigenvalue weighted by atomic mass is 9.75. The minimum Gasteiger partial charge on any atom is -0.390 e. The Balaban J connectivity index is 2.05. The average Bonchev–Trinajstić information content (AvgIpc) is 2.33. The number of alkyl halides is 3. The zero-order valence-electron chi connectivity index (χ0n) is 10.7. The van der Waals surface area contributed by atoms with Crippen molar-refractivity contribution in [2.75, 3.05) is 0 Å². The topological polar surface area (TPSA) is 20.2 Å². The molecule has 0 aromatic heterocycles. The lowest BCUT2D eigenvalue weighted by Crippen LogP contribution is -2.40. The average molecular weight is 311 g/mol. The molecule has 112 valence electrons. The van der Waals surface area contributed by atoms with E-state index in [1.807, 2.05) is 0 Å². The number of aliphatic hydroxyl groups is 1. The molecule has 6 heteroatoms. The summed E-state index contributed by atoms with van der Waals surface area (Å²) < 4.78 is 51.3. The zero-order valence-corrected chi connectivity index (χ0v) is 11.4. The molecule has 1 fully saturated rings. The van der Waals surface area contributed by atoms with Gasteiger partial charge in [-0.25, -0.2) is 4.39 Å². The Bertz CT molecular complexity index is 479. The highest BCUT2D eigenvalue weighted by Crippen LogP contribution is 2.42. The van der Waals surface area contributed by atoms with Gasteiger partial charge in [-0.3, -0.25) is 0 Å². The van der Waals surface area contributed by atoms with Gasteiger partial charge in [-0.05, 0) is 49.4 Å². The van der Waals surface area contributed by atoms with Crippen LogP contribution in [-0.4, -0.2) is 16.9 Å². The molecule has 0 amide bonds. The summed E-state index contributed by atoms with van der Waals surface area (Å²) in [7, 11) is 0. The van der Waals surface area contributed by atoms with E-state index in [4.69, 9.17) is 11.6 Å². The molecule has 1 aliphatic rings. The third-order valence-corrected chi connectivity index (χ3v) is 4.14. The number of hydrogen-bond acceptors (Lipinski definition) is 1.